The molecule has 118 valence electrons. The summed E-state index contributed by atoms with van der Waals surface area (Å²) in [6, 6.07) is 17.1. The van der Waals surface area contributed by atoms with Gasteiger partial charge >= 0.3 is 0 Å². The van der Waals surface area contributed by atoms with E-state index in [2.05, 4.69) is 69.5 Å². The van der Waals surface area contributed by atoms with Gasteiger partial charge < -0.3 is 4.90 Å². The van der Waals surface area contributed by atoms with Crippen molar-refractivity contribution >= 4 is 10.9 Å². The summed E-state index contributed by atoms with van der Waals surface area (Å²) in [7, 11) is 2.19. The Balaban J connectivity index is 1.52. The van der Waals surface area contributed by atoms with Crippen LogP contribution in [0.3, 0.4) is 0 Å². The van der Waals surface area contributed by atoms with Crippen LogP contribution >= 0.6 is 0 Å². The molecular formula is C19H22N4. The molecule has 2 aromatic carbocycles. The Labute approximate surface area is 136 Å². The second-order valence-electron chi connectivity index (χ2n) is 6.39. The fourth-order valence-corrected chi connectivity index (χ4v) is 3.22. The van der Waals surface area contributed by atoms with E-state index in [1.807, 2.05) is 6.07 Å². The lowest BCUT2D eigenvalue weighted by Crippen LogP contribution is -2.43. The monoisotopic (exact) mass is 306 g/mol. The summed E-state index contributed by atoms with van der Waals surface area (Å²) in [4.78, 5) is 4.92. The normalized spacial score (nSPS) is 16.9. The van der Waals surface area contributed by atoms with Crippen molar-refractivity contribution in [2.45, 2.75) is 6.54 Å². The fourth-order valence-electron chi connectivity index (χ4n) is 3.22. The van der Waals surface area contributed by atoms with Crippen molar-refractivity contribution in [2.75, 3.05) is 33.2 Å². The van der Waals surface area contributed by atoms with Crippen LogP contribution in [-0.4, -0.2) is 53.2 Å². The molecular weight excluding hydrogens is 284 g/mol. The van der Waals surface area contributed by atoms with Crippen molar-refractivity contribution in [3.05, 3.63) is 54.1 Å². The molecule has 4 heteroatoms. The molecule has 0 unspecified atom stereocenters. The molecule has 4 nitrogen and oxygen atoms in total. The van der Waals surface area contributed by atoms with Gasteiger partial charge in [0.25, 0.3) is 0 Å². The molecule has 1 aliphatic rings. The van der Waals surface area contributed by atoms with Crippen LogP contribution in [0.25, 0.3) is 22.2 Å². The number of H-pyrrole nitrogens is 1. The number of nitrogens with one attached hydrogen (secondary N) is 1. The second-order valence-corrected chi connectivity index (χ2v) is 6.39. The average molecular weight is 306 g/mol. The van der Waals surface area contributed by atoms with Crippen LogP contribution in [0.1, 0.15) is 5.56 Å². The minimum atomic E-state index is 1.03. The lowest BCUT2D eigenvalue weighted by atomic mass is 10.1. The van der Waals surface area contributed by atoms with E-state index < -0.39 is 0 Å². The van der Waals surface area contributed by atoms with Gasteiger partial charge in [-0.2, -0.15) is 5.10 Å². The molecule has 4 rings (SSSR count). The van der Waals surface area contributed by atoms with Crippen molar-refractivity contribution in [2.24, 2.45) is 0 Å². The highest BCUT2D eigenvalue weighted by molar-refractivity contribution is 5.92. The molecule has 0 atom stereocenters. The van der Waals surface area contributed by atoms with E-state index in [0.717, 1.165) is 43.9 Å². The molecule has 0 radical (unpaired) electrons. The largest absolute Gasteiger partial charge is 0.304 e. The summed E-state index contributed by atoms with van der Waals surface area (Å²) >= 11 is 0. The molecule has 1 N–H and O–H groups in total. The molecule has 3 aromatic rings. The summed E-state index contributed by atoms with van der Waals surface area (Å²) in [6.45, 7) is 5.68. The number of para-hydroxylation sites is 1. The predicted octanol–water partition coefficient (Wildman–Crippen LogP) is 2.98. The predicted molar refractivity (Wildman–Crippen MR) is 94.3 cm³/mol. The summed E-state index contributed by atoms with van der Waals surface area (Å²) in [5.41, 5.74) is 4.67. The van der Waals surface area contributed by atoms with Crippen molar-refractivity contribution < 1.29 is 0 Å². The number of piperazine rings is 1. The standard InChI is InChI=1S/C19H22N4/c1-22-10-12-23(13-11-22)14-15-6-8-16(9-7-15)19-17-4-2-3-5-18(17)20-21-19/h2-9H,10-14H2,1H3,(H,20,21). The lowest BCUT2D eigenvalue weighted by Gasteiger charge is -2.32. The molecule has 0 bridgehead atoms. The van der Waals surface area contributed by atoms with Gasteiger partial charge in [0.1, 0.15) is 0 Å². The Morgan fingerprint density at radius 3 is 2.48 bits per heavy atom. The smallest absolute Gasteiger partial charge is 0.0999 e. The zero-order chi connectivity index (χ0) is 15.6. The Hall–Kier alpha value is -2.17. The number of fused-ring (bicyclic) bond motifs is 1. The van der Waals surface area contributed by atoms with E-state index in [4.69, 9.17) is 0 Å². The Kier molecular flexibility index (Phi) is 3.85. The third-order valence-electron chi connectivity index (χ3n) is 4.70. The number of nitrogens with zero attached hydrogens (tertiary/aromatic N) is 3. The summed E-state index contributed by atoms with van der Waals surface area (Å²) in [5, 5.41) is 8.77. The molecule has 1 fully saturated rings. The van der Waals surface area contributed by atoms with E-state index in [1.165, 1.54) is 16.5 Å². The first kappa shape index (κ1) is 14.4. The first-order valence-corrected chi connectivity index (χ1v) is 8.23. The van der Waals surface area contributed by atoms with Crippen molar-refractivity contribution in [1.82, 2.24) is 20.0 Å². The number of hydrogen-bond acceptors (Lipinski definition) is 3. The minimum Gasteiger partial charge on any atom is -0.304 e. The number of hydrogen-bond donors (Lipinski definition) is 1. The van der Waals surface area contributed by atoms with E-state index in [0.29, 0.717) is 0 Å². The van der Waals surface area contributed by atoms with Gasteiger partial charge in [-0.25, -0.2) is 0 Å². The van der Waals surface area contributed by atoms with Crippen LogP contribution in [0.15, 0.2) is 48.5 Å². The first-order valence-electron chi connectivity index (χ1n) is 8.23. The van der Waals surface area contributed by atoms with Crippen LogP contribution in [0.4, 0.5) is 0 Å². The van der Waals surface area contributed by atoms with E-state index in [-0.39, 0.29) is 0 Å². The SMILES string of the molecule is CN1CCN(Cc2ccc(-c3n[nH]c4ccccc34)cc2)CC1. The van der Waals surface area contributed by atoms with Crippen molar-refractivity contribution in [3.63, 3.8) is 0 Å². The molecule has 0 spiro atoms. The maximum atomic E-state index is 4.48. The van der Waals surface area contributed by atoms with Crippen molar-refractivity contribution in [1.29, 1.82) is 0 Å². The average Bonchev–Trinajstić information content (AvgIpc) is 3.02. The van der Waals surface area contributed by atoms with Crippen LogP contribution in [0, 0.1) is 0 Å². The zero-order valence-corrected chi connectivity index (χ0v) is 13.5. The number of aromatic amines is 1. The Morgan fingerprint density at radius 1 is 0.957 bits per heavy atom. The highest BCUT2D eigenvalue weighted by atomic mass is 15.2. The third kappa shape index (κ3) is 3.00. The fraction of sp³-hybridized carbons (Fsp3) is 0.316. The highest BCUT2D eigenvalue weighted by Crippen LogP contribution is 2.26. The number of likely N-dealkylation sites (N-methyl/N-ethyl adjacent to an activating group) is 1. The number of aromatic nitrogens is 2. The molecule has 23 heavy (non-hydrogen) atoms. The van der Waals surface area contributed by atoms with Gasteiger partial charge in [0.15, 0.2) is 0 Å². The van der Waals surface area contributed by atoms with Gasteiger partial charge in [0.05, 0.1) is 11.2 Å². The molecule has 1 saturated heterocycles. The Morgan fingerprint density at radius 2 is 1.70 bits per heavy atom. The van der Waals surface area contributed by atoms with Crippen LogP contribution in [0.5, 0.6) is 0 Å². The molecule has 2 heterocycles. The van der Waals surface area contributed by atoms with Crippen molar-refractivity contribution in [3.8, 4) is 11.3 Å². The van der Waals surface area contributed by atoms with Gasteiger partial charge in [-0.3, -0.25) is 10.00 Å². The molecule has 0 amide bonds. The van der Waals surface area contributed by atoms with Gasteiger partial charge in [-0.15, -0.1) is 0 Å². The molecule has 1 aromatic heterocycles. The first-order chi connectivity index (χ1) is 11.3. The Bertz CT molecular complexity index is 782. The lowest BCUT2D eigenvalue weighted by molar-refractivity contribution is 0.148. The maximum Gasteiger partial charge on any atom is 0.0999 e. The van der Waals surface area contributed by atoms with Crippen LogP contribution in [-0.2, 0) is 6.54 Å². The second kappa shape index (κ2) is 6.14. The number of benzene rings is 2. The van der Waals surface area contributed by atoms with E-state index in [1.54, 1.807) is 0 Å². The van der Waals surface area contributed by atoms with Gasteiger partial charge in [-0.1, -0.05) is 42.5 Å². The highest BCUT2D eigenvalue weighted by Gasteiger charge is 2.14. The van der Waals surface area contributed by atoms with Gasteiger partial charge in [0, 0.05) is 43.7 Å². The topological polar surface area (TPSA) is 35.2 Å². The van der Waals surface area contributed by atoms with E-state index in [9.17, 15) is 0 Å². The van der Waals surface area contributed by atoms with Crippen LogP contribution in [0.2, 0.25) is 0 Å². The summed E-state index contributed by atoms with van der Waals surface area (Å²) < 4.78 is 0. The maximum absolute atomic E-state index is 4.48. The number of rotatable bonds is 3. The van der Waals surface area contributed by atoms with E-state index >= 15 is 0 Å². The quantitative estimate of drug-likeness (QED) is 0.808. The molecule has 0 aliphatic carbocycles. The minimum absolute atomic E-state index is 1.03. The summed E-state index contributed by atoms with van der Waals surface area (Å²) in [6.07, 6.45) is 0. The van der Waals surface area contributed by atoms with Gasteiger partial charge in [0.2, 0.25) is 0 Å². The van der Waals surface area contributed by atoms with Gasteiger partial charge in [-0.05, 0) is 18.7 Å². The summed E-state index contributed by atoms with van der Waals surface area (Å²) in [5.74, 6) is 0. The zero-order valence-electron chi connectivity index (χ0n) is 13.5. The molecule has 0 saturated carbocycles. The van der Waals surface area contributed by atoms with Crippen LogP contribution < -0.4 is 0 Å². The third-order valence-corrected chi connectivity index (χ3v) is 4.70. The molecule has 1 aliphatic heterocycles.